The van der Waals surface area contributed by atoms with Gasteiger partial charge in [-0.1, -0.05) is 31.9 Å². The fraction of sp³-hybridized carbons (Fsp3) is 0.412. The van der Waals surface area contributed by atoms with Crippen LogP contribution < -0.4 is 14.8 Å². The number of halogens is 1. The minimum Gasteiger partial charge on any atom is -0.497 e. The Morgan fingerprint density at radius 3 is 2.88 bits per heavy atom. The Labute approximate surface area is 146 Å². The van der Waals surface area contributed by atoms with Gasteiger partial charge >= 0.3 is 0 Å². The summed E-state index contributed by atoms with van der Waals surface area (Å²) in [5.41, 5.74) is 1.04. The maximum Gasteiger partial charge on any atom is 0.271 e. The van der Waals surface area contributed by atoms with Gasteiger partial charge in [-0.3, -0.25) is 9.89 Å². The monoisotopic (exact) mass is 351 g/mol. The lowest BCUT2D eigenvalue weighted by Gasteiger charge is -2.08. The standard InChI is InChI=1S/C17H22ClN3O3/c1-4-11(2)9-19-17(22)15-7-12(20-21-15)10-24-16-6-5-13(23-3)8-14(16)18/h5-8,11H,4,9-10H2,1-3H3,(H,19,22)(H,20,21). The van der Waals surface area contributed by atoms with Gasteiger partial charge in [-0.2, -0.15) is 5.10 Å². The van der Waals surface area contributed by atoms with Crippen LogP contribution in [0.1, 0.15) is 36.5 Å². The second-order valence-electron chi connectivity index (χ2n) is 5.59. The van der Waals surface area contributed by atoms with Gasteiger partial charge in [0, 0.05) is 12.6 Å². The van der Waals surface area contributed by atoms with Crippen LogP contribution >= 0.6 is 11.6 Å². The molecule has 130 valence electrons. The van der Waals surface area contributed by atoms with Crippen LogP contribution in [0, 0.1) is 5.92 Å². The Morgan fingerprint density at radius 1 is 1.42 bits per heavy atom. The number of carbonyl (C=O) groups is 1. The number of aromatic nitrogens is 2. The summed E-state index contributed by atoms with van der Waals surface area (Å²) in [6.07, 6.45) is 1.02. The number of benzene rings is 1. The van der Waals surface area contributed by atoms with E-state index in [1.165, 1.54) is 0 Å². The number of nitrogens with one attached hydrogen (secondary N) is 2. The second kappa shape index (κ2) is 8.59. The Morgan fingerprint density at radius 2 is 2.21 bits per heavy atom. The minimum absolute atomic E-state index is 0.194. The third-order valence-electron chi connectivity index (χ3n) is 3.69. The number of nitrogens with zero attached hydrogens (tertiary/aromatic N) is 1. The molecule has 1 unspecified atom stereocenters. The van der Waals surface area contributed by atoms with Crippen molar-refractivity contribution < 1.29 is 14.3 Å². The first-order valence-corrected chi connectivity index (χ1v) is 8.20. The molecule has 2 aromatic rings. The summed E-state index contributed by atoms with van der Waals surface area (Å²) in [6, 6.07) is 6.85. The van der Waals surface area contributed by atoms with Crippen molar-refractivity contribution in [2.75, 3.05) is 13.7 Å². The Kier molecular flexibility index (Phi) is 6.49. The van der Waals surface area contributed by atoms with E-state index >= 15 is 0 Å². The van der Waals surface area contributed by atoms with Crippen LogP contribution in [0.15, 0.2) is 24.3 Å². The van der Waals surface area contributed by atoms with E-state index in [1.807, 2.05) is 0 Å². The predicted octanol–water partition coefficient (Wildman–Crippen LogP) is 3.43. The number of hydrogen-bond donors (Lipinski definition) is 2. The zero-order valence-corrected chi connectivity index (χ0v) is 14.8. The molecule has 0 saturated heterocycles. The fourth-order valence-electron chi connectivity index (χ4n) is 1.93. The van der Waals surface area contributed by atoms with Gasteiger partial charge in [0.05, 0.1) is 17.8 Å². The highest BCUT2D eigenvalue weighted by Gasteiger charge is 2.12. The third-order valence-corrected chi connectivity index (χ3v) is 3.99. The number of H-pyrrole nitrogens is 1. The number of aromatic amines is 1. The van der Waals surface area contributed by atoms with Gasteiger partial charge in [0.15, 0.2) is 0 Å². The topological polar surface area (TPSA) is 76.2 Å². The molecule has 24 heavy (non-hydrogen) atoms. The second-order valence-corrected chi connectivity index (χ2v) is 5.99. The smallest absolute Gasteiger partial charge is 0.271 e. The highest BCUT2D eigenvalue weighted by atomic mass is 35.5. The molecule has 7 heteroatoms. The van der Waals surface area contributed by atoms with Gasteiger partial charge in [-0.25, -0.2) is 0 Å². The molecule has 1 atom stereocenters. The first kappa shape index (κ1) is 18.1. The normalized spacial score (nSPS) is 11.8. The highest BCUT2D eigenvalue weighted by molar-refractivity contribution is 6.32. The molecule has 0 aliphatic heterocycles. The van der Waals surface area contributed by atoms with Crippen LogP contribution in [0.2, 0.25) is 5.02 Å². The molecular formula is C17H22ClN3O3. The highest BCUT2D eigenvalue weighted by Crippen LogP contribution is 2.29. The van der Waals surface area contributed by atoms with Crippen molar-refractivity contribution in [1.29, 1.82) is 0 Å². The molecule has 1 aromatic carbocycles. The minimum atomic E-state index is -0.194. The molecule has 1 heterocycles. The summed E-state index contributed by atoms with van der Waals surface area (Å²) < 4.78 is 10.7. The van der Waals surface area contributed by atoms with Crippen molar-refractivity contribution >= 4 is 17.5 Å². The summed E-state index contributed by atoms with van der Waals surface area (Å²) in [6.45, 7) is 5.04. The molecule has 1 aromatic heterocycles. The largest absolute Gasteiger partial charge is 0.497 e. The van der Waals surface area contributed by atoms with E-state index < -0.39 is 0 Å². The van der Waals surface area contributed by atoms with Gasteiger partial charge in [-0.05, 0) is 24.1 Å². The molecule has 0 saturated carbocycles. The molecule has 0 fully saturated rings. The van der Waals surface area contributed by atoms with Crippen molar-refractivity contribution in [1.82, 2.24) is 15.5 Å². The van der Waals surface area contributed by atoms with E-state index in [9.17, 15) is 4.79 Å². The van der Waals surface area contributed by atoms with Crippen molar-refractivity contribution in [2.24, 2.45) is 5.92 Å². The van der Waals surface area contributed by atoms with Gasteiger partial charge in [-0.15, -0.1) is 0 Å². The van der Waals surface area contributed by atoms with Crippen LogP contribution in [0.25, 0.3) is 0 Å². The lowest BCUT2D eigenvalue weighted by atomic mass is 10.1. The van der Waals surface area contributed by atoms with Gasteiger partial charge in [0.25, 0.3) is 5.91 Å². The van der Waals surface area contributed by atoms with Crippen LogP contribution in [-0.4, -0.2) is 29.8 Å². The average molecular weight is 352 g/mol. The fourth-order valence-corrected chi connectivity index (χ4v) is 2.16. The van der Waals surface area contributed by atoms with Gasteiger partial charge in [0.2, 0.25) is 0 Å². The quantitative estimate of drug-likeness (QED) is 0.764. The SMILES string of the molecule is CCC(C)CNC(=O)c1cc(COc2ccc(OC)cc2Cl)[nH]n1. The molecule has 1 amide bonds. The molecule has 0 bridgehead atoms. The van der Waals surface area contributed by atoms with E-state index in [0.29, 0.717) is 40.4 Å². The van der Waals surface area contributed by atoms with E-state index in [0.717, 1.165) is 6.42 Å². The average Bonchev–Trinajstić information content (AvgIpc) is 3.07. The van der Waals surface area contributed by atoms with Crippen LogP contribution in [0.3, 0.4) is 0 Å². The summed E-state index contributed by atoms with van der Waals surface area (Å²) in [5.74, 6) is 1.44. The van der Waals surface area contributed by atoms with E-state index in [1.54, 1.807) is 31.4 Å². The summed E-state index contributed by atoms with van der Waals surface area (Å²) in [4.78, 5) is 12.0. The van der Waals surface area contributed by atoms with E-state index in [2.05, 4.69) is 29.4 Å². The first-order valence-electron chi connectivity index (χ1n) is 7.82. The van der Waals surface area contributed by atoms with Crippen molar-refractivity contribution in [3.05, 3.63) is 40.7 Å². The van der Waals surface area contributed by atoms with Crippen LogP contribution in [0.4, 0.5) is 0 Å². The number of carbonyl (C=O) groups excluding carboxylic acids is 1. The van der Waals surface area contributed by atoms with Crippen molar-refractivity contribution in [3.63, 3.8) is 0 Å². The molecular weight excluding hydrogens is 330 g/mol. The number of ether oxygens (including phenoxy) is 2. The Balaban J connectivity index is 1.90. The lowest BCUT2D eigenvalue weighted by molar-refractivity contribution is 0.0943. The third kappa shape index (κ3) is 4.89. The zero-order valence-electron chi connectivity index (χ0n) is 14.1. The number of hydrogen-bond acceptors (Lipinski definition) is 4. The zero-order chi connectivity index (χ0) is 17.5. The summed E-state index contributed by atoms with van der Waals surface area (Å²) in [7, 11) is 1.57. The van der Waals surface area contributed by atoms with E-state index in [-0.39, 0.29) is 12.5 Å². The molecule has 2 rings (SSSR count). The first-order chi connectivity index (χ1) is 11.5. The van der Waals surface area contributed by atoms with Crippen LogP contribution in [0.5, 0.6) is 11.5 Å². The maximum absolute atomic E-state index is 12.0. The molecule has 0 spiro atoms. The summed E-state index contributed by atoms with van der Waals surface area (Å²) in [5, 5.41) is 10.1. The number of rotatable bonds is 8. The lowest BCUT2D eigenvalue weighted by Crippen LogP contribution is -2.28. The number of amides is 1. The summed E-state index contributed by atoms with van der Waals surface area (Å²) >= 11 is 6.12. The maximum atomic E-state index is 12.0. The van der Waals surface area contributed by atoms with Crippen molar-refractivity contribution in [3.8, 4) is 11.5 Å². The Hall–Kier alpha value is -2.21. The van der Waals surface area contributed by atoms with Crippen molar-refractivity contribution in [2.45, 2.75) is 26.9 Å². The van der Waals surface area contributed by atoms with E-state index in [4.69, 9.17) is 21.1 Å². The van der Waals surface area contributed by atoms with Gasteiger partial charge < -0.3 is 14.8 Å². The predicted molar refractivity (Wildman–Crippen MR) is 92.7 cm³/mol. The van der Waals surface area contributed by atoms with Gasteiger partial charge in [0.1, 0.15) is 23.8 Å². The Bertz CT molecular complexity index is 687. The molecule has 6 nitrogen and oxygen atoms in total. The number of methoxy groups -OCH3 is 1. The molecule has 2 N–H and O–H groups in total. The van der Waals surface area contributed by atoms with Crippen LogP contribution in [-0.2, 0) is 6.61 Å². The molecule has 0 aliphatic carbocycles. The molecule has 0 aliphatic rings. The molecule has 0 radical (unpaired) electrons.